The molecule has 0 N–H and O–H groups in total. The first-order valence-electron chi connectivity index (χ1n) is 7.56. The van der Waals surface area contributed by atoms with Crippen LogP contribution in [-0.2, 0) is 21.8 Å². The fraction of sp³-hybridized carbons (Fsp3) is 0.333. The molecule has 0 bridgehead atoms. The number of thioether (sulfide) groups is 1. The molecule has 0 unspecified atom stereocenters. The lowest BCUT2D eigenvalue weighted by Gasteiger charge is -2.13. The van der Waals surface area contributed by atoms with Crippen molar-refractivity contribution in [1.82, 2.24) is 4.57 Å². The summed E-state index contributed by atoms with van der Waals surface area (Å²) in [5.74, 6) is 0.421. The van der Waals surface area contributed by atoms with E-state index in [4.69, 9.17) is 4.74 Å². The molecule has 0 saturated heterocycles. The molecule has 0 aliphatic carbocycles. The van der Waals surface area contributed by atoms with Gasteiger partial charge in [0.05, 0.1) is 6.61 Å². The molecule has 23 heavy (non-hydrogen) atoms. The number of esters is 1. The van der Waals surface area contributed by atoms with Crippen molar-refractivity contribution < 1.29 is 9.53 Å². The van der Waals surface area contributed by atoms with Gasteiger partial charge in [-0.05, 0) is 32.4 Å². The maximum atomic E-state index is 12.5. The standard InChI is InChI=1S/C18H21NO3S/c1-4-22-17(20)11-19-13(2)10-16(14(3)18(19)21)23-12-15-8-6-5-7-9-15/h5-10H,4,11-12H2,1-3H3. The van der Waals surface area contributed by atoms with E-state index in [1.165, 1.54) is 10.1 Å². The first-order chi connectivity index (χ1) is 11.0. The topological polar surface area (TPSA) is 48.3 Å². The van der Waals surface area contributed by atoms with Gasteiger partial charge in [0, 0.05) is 21.9 Å². The van der Waals surface area contributed by atoms with Crippen LogP contribution in [0.3, 0.4) is 0 Å². The van der Waals surface area contributed by atoms with Crippen molar-refractivity contribution in [3.8, 4) is 0 Å². The van der Waals surface area contributed by atoms with Gasteiger partial charge in [0.2, 0.25) is 0 Å². The lowest BCUT2D eigenvalue weighted by Crippen LogP contribution is -2.29. The van der Waals surface area contributed by atoms with E-state index in [-0.39, 0.29) is 18.1 Å². The van der Waals surface area contributed by atoms with Gasteiger partial charge in [-0.3, -0.25) is 9.59 Å². The van der Waals surface area contributed by atoms with E-state index in [0.29, 0.717) is 12.2 Å². The Morgan fingerprint density at radius 1 is 1.22 bits per heavy atom. The van der Waals surface area contributed by atoms with Crippen molar-refractivity contribution in [1.29, 1.82) is 0 Å². The minimum Gasteiger partial charge on any atom is -0.465 e. The first kappa shape index (κ1) is 17.3. The second kappa shape index (κ2) is 8.02. The summed E-state index contributed by atoms with van der Waals surface area (Å²) in [5, 5.41) is 0. The van der Waals surface area contributed by atoms with Gasteiger partial charge in [0.15, 0.2) is 0 Å². The van der Waals surface area contributed by atoms with E-state index in [0.717, 1.165) is 16.3 Å². The van der Waals surface area contributed by atoms with Crippen LogP contribution in [-0.4, -0.2) is 17.1 Å². The SMILES string of the molecule is CCOC(=O)Cn1c(C)cc(SCc2ccccc2)c(C)c1=O. The van der Waals surface area contributed by atoms with Crippen molar-refractivity contribution in [2.24, 2.45) is 0 Å². The highest BCUT2D eigenvalue weighted by Crippen LogP contribution is 2.25. The smallest absolute Gasteiger partial charge is 0.326 e. The molecule has 0 aliphatic heterocycles. The summed E-state index contributed by atoms with van der Waals surface area (Å²) in [6.45, 7) is 5.67. The molecular formula is C18H21NO3S. The molecule has 0 fully saturated rings. The van der Waals surface area contributed by atoms with Gasteiger partial charge in [-0.1, -0.05) is 30.3 Å². The number of pyridine rings is 1. The van der Waals surface area contributed by atoms with Crippen LogP contribution in [0, 0.1) is 13.8 Å². The van der Waals surface area contributed by atoms with E-state index in [1.54, 1.807) is 25.6 Å². The number of nitrogens with zero attached hydrogens (tertiary/aromatic N) is 1. The number of hydrogen-bond acceptors (Lipinski definition) is 4. The summed E-state index contributed by atoms with van der Waals surface area (Å²) in [6, 6.07) is 12.1. The Kier molecular flexibility index (Phi) is 6.04. The largest absolute Gasteiger partial charge is 0.465 e. The minimum absolute atomic E-state index is 0.0387. The zero-order chi connectivity index (χ0) is 16.8. The molecule has 0 radical (unpaired) electrons. The number of aromatic nitrogens is 1. The summed E-state index contributed by atoms with van der Waals surface area (Å²) in [7, 11) is 0. The second-order valence-electron chi connectivity index (χ2n) is 5.25. The highest BCUT2D eigenvalue weighted by Gasteiger charge is 2.13. The van der Waals surface area contributed by atoms with Crippen molar-refractivity contribution >= 4 is 17.7 Å². The molecular weight excluding hydrogens is 310 g/mol. The van der Waals surface area contributed by atoms with Gasteiger partial charge >= 0.3 is 5.97 Å². The molecule has 1 aromatic carbocycles. The second-order valence-corrected chi connectivity index (χ2v) is 6.26. The van der Waals surface area contributed by atoms with E-state index in [2.05, 4.69) is 12.1 Å². The molecule has 1 aromatic heterocycles. The van der Waals surface area contributed by atoms with E-state index >= 15 is 0 Å². The number of carbonyl (C=O) groups is 1. The summed E-state index contributed by atoms with van der Waals surface area (Å²) >= 11 is 1.64. The third-order valence-electron chi connectivity index (χ3n) is 3.53. The van der Waals surface area contributed by atoms with Crippen LogP contribution < -0.4 is 5.56 Å². The third-order valence-corrected chi connectivity index (χ3v) is 4.74. The predicted octanol–water partition coefficient (Wildman–Crippen LogP) is 3.32. The highest BCUT2D eigenvalue weighted by molar-refractivity contribution is 7.98. The maximum absolute atomic E-state index is 12.5. The Bertz CT molecular complexity index is 738. The van der Waals surface area contributed by atoms with Crippen LogP contribution in [0.1, 0.15) is 23.7 Å². The Morgan fingerprint density at radius 3 is 2.57 bits per heavy atom. The van der Waals surface area contributed by atoms with Gasteiger partial charge in [0.1, 0.15) is 6.54 Å². The molecule has 1 heterocycles. The van der Waals surface area contributed by atoms with Crippen molar-refractivity contribution in [3.63, 3.8) is 0 Å². The predicted molar refractivity (Wildman–Crippen MR) is 92.8 cm³/mol. The Morgan fingerprint density at radius 2 is 1.91 bits per heavy atom. The fourth-order valence-corrected chi connectivity index (χ4v) is 3.33. The van der Waals surface area contributed by atoms with Gasteiger partial charge in [-0.2, -0.15) is 0 Å². The molecule has 5 heteroatoms. The van der Waals surface area contributed by atoms with Crippen molar-refractivity contribution in [2.45, 2.75) is 38.0 Å². The van der Waals surface area contributed by atoms with E-state index in [9.17, 15) is 9.59 Å². The zero-order valence-electron chi connectivity index (χ0n) is 13.7. The Balaban J connectivity index is 2.20. The molecule has 0 atom stereocenters. The average molecular weight is 331 g/mol. The van der Waals surface area contributed by atoms with Crippen molar-refractivity contribution in [2.75, 3.05) is 6.61 Å². The van der Waals surface area contributed by atoms with Gasteiger partial charge in [-0.25, -0.2) is 0 Å². The molecule has 0 aliphatic rings. The monoisotopic (exact) mass is 331 g/mol. The Labute approximate surface area is 140 Å². The summed E-state index contributed by atoms with van der Waals surface area (Å²) < 4.78 is 6.40. The summed E-state index contributed by atoms with van der Waals surface area (Å²) in [4.78, 5) is 25.1. The highest BCUT2D eigenvalue weighted by atomic mass is 32.2. The number of ether oxygens (including phenoxy) is 1. The molecule has 122 valence electrons. The normalized spacial score (nSPS) is 10.6. The average Bonchev–Trinajstić information content (AvgIpc) is 2.55. The van der Waals surface area contributed by atoms with Gasteiger partial charge < -0.3 is 9.30 Å². The van der Waals surface area contributed by atoms with Gasteiger partial charge in [-0.15, -0.1) is 11.8 Å². The number of carbonyl (C=O) groups excluding carboxylic acids is 1. The molecule has 2 aromatic rings. The number of benzene rings is 1. The van der Waals surface area contributed by atoms with Crippen LogP contribution in [0.4, 0.5) is 0 Å². The number of aryl methyl sites for hydroxylation is 1. The first-order valence-corrected chi connectivity index (χ1v) is 8.55. The Hall–Kier alpha value is -2.01. The molecule has 0 saturated carbocycles. The number of rotatable bonds is 6. The molecule has 4 nitrogen and oxygen atoms in total. The summed E-state index contributed by atoms with van der Waals surface area (Å²) in [6.07, 6.45) is 0. The quantitative estimate of drug-likeness (QED) is 0.602. The molecule has 0 amide bonds. The van der Waals surface area contributed by atoms with Crippen LogP contribution in [0.2, 0.25) is 0 Å². The van der Waals surface area contributed by atoms with Gasteiger partial charge in [0.25, 0.3) is 5.56 Å². The fourth-order valence-electron chi connectivity index (χ4n) is 2.26. The summed E-state index contributed by atoms with van der Waals surface area (Å²) in [5.41, 5.74) is 2.52. The van der Waals surface area contributed by atoms with E-state index in [1.807, 2.05) is 31.2 Å². The van der Waals surface area contributed by atoms with Crippen LogP contribution in [0.25, 0.3) is 0 Å². The van der Waals surface area contributed by atoms with Crippen LogP contribution in [0.15, 0.2) is 46.1 Å². The minimum atomic E-state index is -0.387. The van der Waals surface area contributed by atoms with E-state index < -0.39 is 0 Å². The lowest BCUT2D eigenvalue weighted by atomic mass is 10.2. The third kappa shape index (κ3) is 4.48. The number of hydrogen-bond donors (Lipinski definition) is 0. The zero-order valence-corrected chi connectivity index (χ0v) is 14.5. The van der Waals surface area contributed by atoms with Crippen molar-refractivity contribution in [3.05, 3.63) is 63.6 Å². The maximum Gasteiger partial charge on any atom is 0.326 e. The lowest BCUT2D eigenvalue weighted by molar-refractivity contribution is -0.143. The molecule has 0 spiro atoms. The van der Waals surface area contributed by atoms with Crippen LogP contribution >= 0.6 is 11.8 Å². The molecule has 2 rings (SSSR count). The van der Waals surface area contributed by atoms with Crippen LogP contribution in [0.5, 0.6) is 0 Å².